The number of hydrogen-bond acceptors (Lipinski definition) is 4. The highest BCUT2D eigenvalue weighted by molar-refractivity contribution is 5.94. The van der Waals surface area contributed by atoms with E-state index in [9.17, 15) is 19.1 Å². The normalized spacial score (nSPS) is 25.1. The first-order valence-electron chi connectivity index (χ1n) is 10.5. The van der Waals surface area contributed by atoms with Crippen LogP contribution in [0.25, 0.3) is 0 Å². The third-order valence-electron chi connectivity index (χ3n) is 6.33. The summed E-state index contributed by atoms with van der Waals surface area (Å²) < 4.78 is 18.7. The largest absolute Gasteiger partial charge is 0.446 e. The molecule has 1 heterocycles. The van der Waals surface area contributed by atoms with Gasteiger partial charge in [0.1, 0.15) is 18.5 Å². The first kappa shape index (κ1) is 20.5. The number of amides is 2. The van der Waals surface area contributed by atoms with Crippen LogP contribution in [-0.2, 0) is 9.53 Å². The number of carbonyl (C=O) groups excluding carboxylic acids is 2. The van der Waals surface area contributed by atoms with Crippen LogP contribution in [0.3, 0.4) is 0 Å². The lowest BCUT2D eigenvalue weighted by molar-refractivity contribution is -0.130. The second-order valence-corrected chi connectivity index (χ2v) is 8.20. The Morgan fingerprint density at radius 2 is 1.73 bits per heavy atom. The Balaban J connectivity index is 1.57. The van der Waals surface area contributed by atoms with E-state index >= 15 is 0 Å². The molecule has 2 fully saturated rings. The molecule has 2 amide bonds. The first-order valence-corrected chi connectivity index (χ1v) is 10.5. The molecule has 1 aliphatic carbocycles. The van der Waals surface area contributed by atoms with Crippen molar-refractivity contribution >= 4 is 12.0 Å². The van der Waals surface area contributed by atoms with Gasteiger partial charge in [-0.25, -0.2) is 14.1 Å². The van der Waals surface area contributed by atoms with Crippen molar-refractivity contribution in [2.75, 3.05) is 6.61 Å². The number of rotatable bonds is 5. The number of hydrogen-bond donors (Lipinski definition) is 1. The summed E-state index contributed by atoms with van der Waals surface area (Å²) in [5.41, 5.74) is 1.74. The predicted molar refractivity (Wildman–Crippen MR) is 109 cm³/mol. The van der Waals surface area contributed by atoms with Gasteiger partial charge in [-0.3, -0.25) is 4.79 Å². The fourth-order valence-electron chi connectivity index (χ4n) is 4.67. The van der Waals surface area contributed by atoms with Crippen molar-refractivity contribution in [3.8, 4) is 0 Å². The van der Waals surface area contributed by atoms with Crippen molar-refractivity contribution in [1.82, 2.24) is 4.90 Å². The molecular weight excluding hydrogens is 385 g/mol. The number of carbonyl (C=O) groups is 2. The standard InChI is InChI=1S/C24H26FNO4/c25-19-10-6-16(7-11-19)21(17-8-12-20(27)13-9-17)14-23(28)26-22(15-30-24(26)29)18-4-2-1-3-5-18/h1-7,10-11,17,20-22,27H,8-9,12-15H2/t17?,20?,21-,22+/m0/s1. The van der Waals surface area contributed by atoms with E-state index in [-0.39, 0.29) is 42.7 Å². The Kier molecular flexibility index (Phi) is 6.13. The molecule has 2 aromatic rings. The quantitative estimate of drug-likeness (QED) is 0.783. The van der Waals surface area contributed by atoms with E-state index in [2.05, 4.69) is 0 Å². The van der Waals surface area contributed by atoms with E-state index in [0.29, 0.717) is 12.8 Å². The van der Waals surface area contributed by atoms with Gasteiger partial charge >= 0.3 is 6.09 Å². The molecule has 6 heteroatoms. The Morgan fingerprint density at radius 1 is 1.07 bits per heavy atom. The molecule has 1 saturated carbocycles. The van der Waals surface area contributed by atoms with Gasteiger partial charge in [0.15, 0.2) is 0 Å². The lowest BCUT2D eigenvalue weighted by atomic mass is 9.74. The molecule has 158 valence electrons. The van der Waals surface area contributed by atoms with Crippen LogP contribution in [0, 0.1) is 11.7 Å². The Bertz CT molecular complexity index is 878. The summed E-state index contributed by atoms with van der Waals surface area (Å²) in [6, 6.07) is 15.2. The molecule has 0 spiro atoms. The highest BCUT2D eigenvalue weighted by Crippen LogP contribution is 2.40. The van der Waals surface area contributed by atoms with Gasteiger partial charge in [0, 0.05) is 6.42 Å². The summed E-state index contributed by atoms with van der Waals surface area (Å²) >= 11 is 0. The lowest BCUT2D eigenvalue weighted by Gasteiger charge is -2.33. The zero-order chi connectivity index (χ0) is 21.1. The number of benzene rings is 2. The summed E-state index contributed by atoms with van der Waals surface area (Å²) in [5.74, 6) is -0.561. The van der Waals surface area contributed by atoms with Crippen LogP contribution in [0.1, 0.15) is 55.2 Å². The van der Waals surface area contributed by atoms with Gasteiger partial charge in [-0.15, -0.1) is 0 Å². The number of nitrogens with zero attached hydrogens (tertiary/aromatic N) is 1. The first-order chi connectivity index (χ1) is 14.5. The van der Waals surface area contributed by atoms with Gasteiger partial charge in [0.2, 0.25) is 5.91 Å². The van der Waals surface area contributed by atoms with Crippen LogP contribution >= 0.6 is 0 Å². The number of halogens is 1. The molecule has 1 N–H and O–H groups in total. The van der Waals surface area contributed by atoms with Crippen molar-refractivity contribution in [3.05, 3.63) is 71.5 Å². The van der Waals surface area contributed by atoms with Crippen LogP contribution in [0.4, 0.5) is 9.18 Å². The second kappa shape index (κ2) is 8.96. The number of aliphatic hydroxyl groups is 1. The van der Waals surface area contributed by atoms with Crippen molar-refractivity contribution in [3.63, 3.8) is 0 Å². The smallest absolute Gasteiger partial charge is 0.417 e. The molecule has 0 bridgehead atoms. The van der Waals surface area contributed by atoms with Gasteiger partial charge in [0.05, 0.1) is 6.10 Å². The van der Waals surface area contributed by atoms with Gasteiger partial charge in [-0.05, 0) is 60.8 Å². The maximum absolute atomic E-state index is 13.5. The summed E-state index contributed by atoms with van der Waals surface area (Å²) in [4.78, 5) is 26.9. The van der Waals surface area contributed by atoms with Crippen molar-refractivity contribution < 1.29 is 23.8 Å². The Hall–Kier alpha value is -2.73. The summed E-state index contributed by atoms with van der Waals surface area (Å²) in [6.07, 6.45) is 2.19. The molecule has 0 radical (unpaired) electrons. The lowest BCUT2D eigenvalue weighted by Crippen LogP contribution is -2.36. The number of imide groups is 1. The predicted octanol–water partition coefficient (Wildman–Crippen LogP) is 4.57. The Labute approximate surface area is 175 Å². The zero-order valence-electron chi connectivity index (χ0n) is 16.7. The van der Waals surface area contributed by atoms with E-state index in [1.165, 1.54) is 17.0 Å². The molecule has 0 unspecified atom stereocenters. The molecule has 2 aromatic carbocycles. The third-order valence-corrected chi connectivity index (χ3v) is 6.33. The maximum Gasteiger partial charge on any atom is 0.417 e. The van der Waals surface area contributed by atoms with Crippen LogP contribution in [0.5, 0.6) is 0 Å². The van der Waals surface area contributed by atoms with E-state index in [0.717, 1.165) is 24.0 Å². The van der Waals surface area contributed by atoms with Crippen LogP contribution < -0.4 is 0 Å². The highest BCUT2D eigenvalue weighted by Gasteiger charge is 2.40. The average molecular weight is 411 g/mol. The fourth-order valence-corrected chi connectivity index (χ4v) is 4.67. The van der Waals surface area contributed by atoms with Gasteiger partial charge in [0.25, 0.3) is 0 Å². The average Bonchev–Trinajstić information content (AvgIpc) is 3.15. The van der Waals surface area contributed by atoms with Crippen molar-refractivity contribution in [2.24, 2.45) is 5.92 Å². The molecular formula is C24H26FNO4. The maximum atomic E-state index is 13.5. The Morgan fingerprint density at radius 3 is 2.40 bits per heavy atom. The minimum absolute atomic E-state index is 0.143. The molecule has 2 atom stereocenters. The van der Waals surface area contributed by atoms with E-state index in [1.807, 2.05) is 30.3 Å². The summed E-state index contributed by atoms with van der Waals surface area (Å²) in [6.45, 7) is 0.144. The summed E-state index contributed by atoms with van der Waals surface area (Å²) in [7, 11) is 0. The topological polar surface area (TPSA) is 66.8 Å². The van der Waals surface area contributed by atoms with Crippen LogP contribution in [-0.4, -0.2) is 34.7 Å². The van der Waals surface area contributed by atoms with E-state index < -0.39 is 12.1 Å². The zero-order valence-corrected chi connectivity index (χ0v) is 16.7. The SMILES string of the molecule is O=C(C[C@@H](c1ccc(F)cc1)C1CCC(O)CC1)N1C(=O)OC[C@@H]1c1ccccc1. The third kappa shape index (κ3) is 4.38. The molecule has 5 nitrogen and oxygen atoms in total. The second-order valence-electron chi connectivity index (χ2n) is 8.20. The van der Waals surface area contributed by atoms with Gasteiger partial charge in [-0.1, -0.05) is 42.5 Å². The highest BCUT2D eigenvalue weighted by atomic mass is 19.1. The minimum Gasteiger partial charge on any atom is -0.446 e. The molecule has 1 aliphatic heterocycles. The fraction of sp³-hybridized carbons (Fsp3) is 0.417. The van der Waals surface area contributed by atoms with Crippen LogP contribution in [0.2, 0.25) is 0 Å². The summed E-state index contributed by atoms with van der Waals surface area (Å²) in [5, 5.41) is 9.88. The minimum atomic E-state index is -0.620. The van der Waals surface area contributed by atoms with Crippen molar-refractivity contribution in [1.29, 1.82) is 0 Å². The van der Waals surface area contributed by atoms with Gasteiger partial charge < -0.3 is 9.84 Å². The molecule has 30 heavy (non-hydrogen) atoms. The molecule has 2 aliphatic rings. The van der Waals surface area contributed by atoms with Crippen molar-refractivity contribution in [2.45, 2.75) is 50.2 Å². The molecule has 4 rings (SSSR count). The molecule has 0 aromatic heterocycles. The number of aliphatic hydroxyl groups excluding tert-OH is 1. The van der Waals surface area contributed by atoms with Gasteiger partial charge in [-0.2, -0.15) is 0 Å². The van der Waals surface area contributed by atoms with E-state index in [1.54, 1.807) is 12.1 Å². The van der Waals surface area contributed by atoms with E-state index in [4.69, 9.17) is 4.74 Å². The molecule has 1 saturated heterocycles. The number of ether oxygens (including phenoxy) is 1. The van der Waals surface area contributed by atoms with Crippen LogP contribution in [0.15, 0.2) is 54.6 Å². The monoisotopic (exact) mass is 411 g/mol. The number of cyclic esters (lactones) is 1.